The Kier molecular flexibility index (Phi) is 4.77. The number of benzene rings is 2. The first-order chi connectivity index (χ1) is 13.3. The maximum absolute atomic E-state index is 13.3. The number of hydrogen-bond donors (Lipinski definition) is 0. The highest BCUT2D eigenvalue weighted by molar-refractivity contribution is 7.18. The molecule has 2 heterocycles. The van der Waals surface area contributed by atoms with Crippen LogP contribution in [0.5, 0.6) is 0 Å². The summed E-state index contributed by atoms with van der Waals surface area (Å²) in [5.74, 6) is 0.213. The number of para-hydroxylation sites is 1. The van der Waals surface area contributed by atoms with Crippen molar-refractivity contribution in [2.75, 3.05) is 0 Å². The van der Waals surface area contributed by atoms with Gasteiger partial charge in [0.2, 0.25) is 0 Å². The van der Waals surface area contributed by atoms with Gasteiger partial charge in [-0.1, -0.05) is 48.0 Å². The molecule has 0 atom stereocenters. The van der Waals surface area contributed by atoms with E-state index < -0.39 is 11.9 Å². The number of thiophene rings is 1. The molecular formula is C21H14ClF3N2S. The van der Waals surface area contributed by atoms with Gasteiger partial charge in [0.1, 0.15) is 0 Å². The summed E-state index contributed by atoms with van der Waals surface area (Å²) in [4.78, 5) is 5.49. The zero-order chi connectivity index (χ0) is 19.9. The molecule has 2 aromatic carbocycles. The summed E-state index contributed by atoms with van der Waals surface area (Å²) >= 11 is 7.64. The fourth-order valence-electron chi connectivity index (χ4n) is 2.97. The molecule has 0 spiro atoms. The smallest absolute Gasteiger partial charge is 0.297 e. The third-order valence-electron chi connectivity index (χ3n) is 4.35. The minimum absolute atomic E-state index is 0.213. The summed E-state index contributed by atoms with van der Waals surface area (Å²) < 4.78 is 41.4. The molecule has 0 radical (unpaired) electrons. The second-order valence-corrected chi connectivity index (χ2v) is 7.74. The van der Waals surface area contributed by atoms with Gasteiger partial charge in [0, 0.05) is 11.1 Å². The van der Waals surface area contributed by atoms with Crippen LogP contribution in [-0.4, -0.2) is 9.55 Å². The zero-order valence-corrected chi connectivity index (χ0v) is 16.2. The van der Waals surface area contributed by atoms with Crippen molar-refractivity contribution in [1.29, 1.82) is 0 Å². The highest BCUT2D eigenvalue weighted by Crippen LogP contribution is 2.39. The predicted molar refractivity (Wildman–Crippen MR) is 107 cm³/mol. The number of nitrogens with zero attached hydrogens (tertiary/aromatic N) is 2. The Morgan fingerprint density at radius 1 is 0.929 bits per heavy atom. The molecule has 0 aliphatic rings. The first kappa shape index (κ1) is 18.8. The van der Waals surface area contributed by atoms with Gasteiger partial charge in [-0.05, 0) is 42.3 Å². The largest absolute Gasteiger partial charge is 0.434 e. The average Bonchev–Trinajstić information content (AvgIpc) is 3.29. The molecule has 4 rings (SSSR count). The monoisotopic (exact) mass is 418 g/mol. The molecule has 0 aliphatic heterocycles. The summed E-state index contributed by atoms with van der Waals surface area (Å²) in [6, 6.07) is 18.4. The highest BCUT2D eigenvalue weighted by atomic mass is 35.5. The molecular weight excluding hydrogens is 405 g/mol. The van der Waals surface area contributed by atoms with Gasteiger partial charge in [0.15, 0.2) is 11.5 Å². The lowest BCUT2D eigenvalue weighted by Crippen LogP contribution is -2.04. The zero-order valence-electron chi connectivity index (χ0n) is 14.7. The van der Waals surface area contributed by atoms with Crippen molar-refractivity contribution in [3.8, 4) is 26.8 Å². The molecule has 4 aromatic rings. The van der Waals surface area contributed by atoms with Crippen molar-refractivity contribution in [3.05, 3.63) is 83.1 Å². The standard InChI is InChI=1S/C21H14ClF3N2S/c1-13-6-2-3-7-14(13)17-10-11-18(28-17)20-26-19(21(23,24)25)12-27(20)16-9-5-4-8-15(16)22/h2-12H,1H3. The Labute approximate surface area is 168 Å². The quantitative estimate of drug-likeness (QED) is 0.342. The van der Waals surface area contributed by atoms with Crippen LogP contribution in [0.4, 0.5) is 13.2 Å². The van der Waals surface area contributed by atoms with Crippen LogP contribution in [0.1, 0.15) is 11.3 Å². The maximum atomic E-state index is 13.3. The van der Waals surface area contributed by atoms with Crippen molar-refractivity contribution in [2.45, 2.75) is 13.1 Å². The average molecular weight is 419 g/mol. The molecule has 0 fully saturated rings. The van der Waals surface area contributed by atoms with Crippen LogP contribution in [0.3, 0.4) is 0 Å². The van der Waals surface area contributed by atoms with Crippen LogP contribution in [-0.2, 0) is 6.18 Å². The second kappa shape index (κ2) is 7.11. The van der Waals surface area contributed by atoms with Gasteiger partial charge in [0.25, 0.3) is 0 Å². The van der Waals surface area contributed by atoms with Crippen LogP contribution >= 0.6 is 22.9 Å². The molecule has 0 saturated heterocycles. The van der Waals surface area contributed by atoms with E-state index in [0.29, 0.717) is 15.6 Å². The van der Waals surface area contributed by atoms with Crippen LogP contribution in [0.25, 0.3) is 26.8 Å². The number of aryl methyl sites for hydroxylation is 1. The molecule has 28 heavy (non-hydrogen) atoms. The Morgan fingerprint density at radius 3 is 2.32 bits per heavy atom. The van der Waals surface area contributed by atoms with Crippen molar-refractivity contribution < 1.29 is 13.2 Å². The molecule has 0 unspecified atom stereocenters. The van der Waals surface area contributed by atoms with E-state index in [0.717, 1.165) is 22.2 Å². The van der Waals surface area contributed by atoms with E-state index >= 15 is 0 Å². The molecule has 2 nitrogen and oxygen atoms in total. The van der Waals surface area contributed by atoms with Crippen molar-refractivity contribution in [1.82, 2.24) is 9.55 Å². The minimum atomic E-state index is -4.54. The van der Waals surface area contributed by atoms with E-state index in [1.165, 1.54) is 15.9 Å². The first-order valence-electron chi connectivity index (χ1n) is 8.42. The van der Waals surface area contributed by atoms with E-state index in [1.54, 1.807) is 30.3 Å². The molecule has 0 saturated carbocycles. The fraction of sp³-hybridized carbons (Fsp3) is 0.0952. The summed E-state index contributed by atoms with van der Waals surface area (Å²) in [6.07, 6.45) is -3.55. The Bertz CT molecular complexity index is 1140. The molecule has 7 heteroatoms. The second-order valence-electron chi connectivity index (χ2n) is 6.25. The fourth-order valence-corrected chi connectivity index (χ4v) is 4.28. The minimum Gasteiger partial charge on any atom is -0.297 e. The van der Waals surface area contributed by atoms with Gasteiger partial charge in [-0.25, -0.2) is 4.98 Å². The van der Waals surface area contributed by atoms with Gasteiger partial charge >= 0.3 is 6.18 Å². The van der Waals surface area contributed by atoms with Crippen molar-refractivity contribution >= 4 is 22.9 Å². The molecule has 0 N–H and O–H groups in total. The molecule has 0 aliphatic carbocycles. The van der Waals surface area contributed by atoms with Crippen LogP contribution in [0.15, 0.2) is 66.9 Å². The molecule has 0 bridgehead atoms. The van der Waals surface area contributed by atoms with Crippen LogP contribution < -0.4 is 0 Å². The number of imidazole rings is 1. The van der Waals surface area contributed by atoms with E-state index in [9.17, 15) is 13.2 Å². The Hall–Kier alpha value is -2.57. The number of halogens is 4. The van der Waals surface area contributed by atoms with Gasteiger partial charge in [0.05, 0.1) is 15.6 Å². The van der Waals surface area contributed by atoms with Crippen LogP contribution in [0, 0.1) is 6.92 Å². The number of alkyl halides is 3. The van der Waals surface area contributed by atoms with E-state index in [1.807, 2.05) is 37.3 Å². The lowest BCUT2D eigenvalue weighted by molar-refractivity contribution is -0.140. The summed E-state index contributed by atoms with van der Waals surface area (Å²) in [7, 11) is 0. The first-order valence-corrected chi connectivity index (χ1v) is 9.62. The Morgan fingerprint density at radius 2 is 1.61 bits per heavy atom. The summed E-state index contributed by atoms with van der Waals surface area (Å²) in [6.45, 7) is 2.00. The summed E-state index contributed by atoms with van der Waals surface area (Å²) in [5, 5.41) is 0.352. The van der Waals surface area contributed by atoms with Gasteiger partial charge in [-0.3, -0.25) is 4.57 Å². The van der Waals surface area contributed by atoms with Crippen molar-refractivity contribution in [2.24, 2.45) is 0 Å². The molecule has 0 amide bonds. The number of hydrogen-bond acceptors (Lipinski definition) is 2. The topological polar surface area (TPSA) is 17.8 Å². The number of aromatic nitrogens is 2. The third kappa shape index (κ3) is 3.45. The lowest BCUT2D eigenvalue weighted by atomic mass is 10.1. The number of rotatable bonds is 3. The van der Waals surface area contributed by atoms with E-state index in [4.69, 9.17) is 11.6 Å². The SMILES string of the molecule is Cc1ccccc1-c1ccc(-c2nc(C(F)(F)F)cn2-c2ccccc2Cl)s1. The summed E-state index contributed by atoms with van der Waals surface area (Å²) in [5.41, 5.74) is 1.65. The van der Waals surface area contributed by atoms with E-state index in [2.05, 4.69) is 4.98 Å². The normalized spacial score (nSPS) is 11.8. The van der Waals surface area contributed by atoms with Gasteiger partial charge < -0.3 is 0 Å². The van der Waals surface area contributed by atoms with Gasteiger partial charge in [-0.2, -0.15) is 13.2 Å². The van der Waals surface area contributed by atoms with Crippen molar-refractivity contribution in [3.63, 3.8) is 0 Å². The third-order valence-corrected chi connectivity index (χ3v) is 5.78. The van der Waals surface area contributed by atoms with Gasteiger partial charge in [-0.15, -0.1) is 11.3 Å². The maximum Gasteiger partial charge on any atom is 0.434 e. The Balaban J connectivity index is 1.87. The van der Waals surface area contributed by atoms with Crippen LogP contribution in [0.2, 0.25) is 5.02 Å². The molecule has 2 aromatic heterocycles. The highest BCUT2D eigenvalue weighted by Gasteiger charge is 2.35. The molecule has 142 valence electrons. The predicted octanol–water partition coefficient (Wildman–Crippen LogP) is 7.25. The lowest BCUT2D eigenvalue weighted by Gasteiger charge is -2.08. The van der Waals surface area contributed by atoms with E-state index in [-0.39, 0.29) is 5.82 Å².